The smallest absolute Gasteiger partial charge is 0.213 e. The maximum absolute atomic E-state index is 12.0. The first kappa shape index (κ1) is 22.4. The molecule has 0 saturated heterocycles. The molecule has 0 aliphatic rings. The summed E-state index contributed by atoms with van der Waals surface area (Å²) in [4.78, 5) is 4.07. The maximum Gasteiger partial charge on any atom is 0.213 e. The minimum Gasteiger partial charge on any atom is -0.382 e. The Morgan fingerprint density at radius 1 is 1.08 bits per heavy atom. The number of ether oxygens (including phenoxy) is 2. The van der Waals surface area contributed by atoms with E-state index in [0.29, 0.717) is 38.9 Å². The molecule has 9 heteroatoms. The molecule has 1 aromatic rings. The highest BCUT2D eigenvalue weighted by Crippen LogP contribution is 1.98. The molecule has 0 fully saturated rings. The molecule has 0 bridgehead atoms. The van der Waals surface area contributed by atoms with Crippen molar-refractivity contribution in [2.75, 3.05) is 52.8 Å². The molecule has 0 heterocycles. The number of hydrogen-bond donors (Lipinski definition) is 3. The van der Waals surface area contributed by atoms with Crippen molar-refractivity contribution in [1.29, 1.82) is 0 Å². The Balaban J connectivity index is 2.16. The molecule has 0 radical (unpaired) electrons. The number of benzene rings is 1. The summed E-state index contributed by atoms with van der Waals surface area (Å²) >= 11 is 0. The largest absolute Gasteiger partial charge is 0.382 e. The van der Waals surface area contributed by atoms with Crippen molar-refractivity contribution in [2.24, 2.45) is 4.99 Å². The van der Waals surface area contributed by atoms with Crippen molar-refractivity contribution in [3.8, 4) is 0 Å². The summed E-state index contributed by atoms with van der Waals surface area (Å²) in [7, 11) is -0.0665. The predicted molar refractivity (Wildman–Crippen MR) is 104 cm³/mol. The van der Waals surface area contributed by atoms with Gasteiger partial charge in [-0.05, 0) is 12.0 Å². The predicted octanol–water partition coefficient (Wildman–Crippen LogP) is 0.324. The summed E-state index contributed by atoms with van der Waals surface area (Å²) in [5.74, 6) is 0.542. The number of nitrogens with zero attached hydrogens (tertiary/aromatic N) is 1. The van der Waals surface area contributed by atoms with Crippen molar-refractivity contribution >= 4 is 16.0 Å². The van der Waals surface area contributed by atoms with E-state index >= 15 is 0 Å². The van der Waals surface area contributed by atoms with Gasteiger partial charge in [0.05, 0.1) is 19.0 Å². The SMILES string of the molecule is CN=C(NCCCOCCOC)NCCS(=O)(=O)NCc1ccccc1. The normalized spacial score (nSPS) is 12.2. The van der Waals surface area contributed by atoms with Gasteiger partial charge < -0.3 is 20.1 Å². The van der Waals surface area contributed by atoms with Crippen LogP contribution in [0.3, 0.4) is 0 Å². The lowest BCUT2D eigenvalue weighted by molar-refractivity contribution is 0.0698. The fraction of sp³-hybridized carbons (Fsp3) is 0.588. The van der Waals surface area contributed by atoms with Crippen molar-refractivity contribution in [3.63, 3.8) is 0 Å². The molecule has 0 spiro atoms. The van der Waals surface area contributed by atoms with Gasteiger partial charge in [-0.2, -0.15) is 0 Å². The van der Waals surface area contributed by atoms with E-state index in [0.717, 1.165) is 12.0 Å². The fourth-order valence-electron chi connectivity index (χ4n) is 2.01. The van der Waals surface area contributed by atoms with Crippen LogP contribution in [0.5, 0.6) is 0 Å². The average molecular weight is 387 g/mol. The molecule has 0 amide bonds. The summed E-state index contributed by atoms with van der Waals surface area (Å²) < 4.78 is 36.9. The van der Waals surface area contributed by atoms with Crippen LogP contribution in [0.1, 0.15) is 12.0 Å². The molecule has 1 rings (SSSR count). The Morgan fingerprint density at radius 2 is 1.81 bits per heavy atom. The lowest BCUT2D eigenvalue weighted by atomic mass is 10.2. The van der Waals surface area contributed by atoms with Gasteiger partial charge in [-0.1, -0.05) is 30.3 Å². The Morgan fingerprint density at radius 3 is 2.50 bits per heavy atom. The van der Waals surface area contributed by atoms with E-state index in [9.17, 15) is 8.42 Å². The quantitative estimate of drug-likeness (QED) is 0.256. The third-order valence-electron chi connectivity index (χ3n) is 3.42. The minimum absolute atomic E-state index is 0.0271. The molecule has 1 aromatic carbocycles. The highest BCUT2D eigenvalue weighted by molar-refractivity contribution is 7.89. The molecular formula is C17H30N4O4S. The van der Waals surface area contributed by atoms with Crippen LogP contribution in [-0.2, 0) is 26.0 Å². The van der Waals surface area contributed by atoms with Crippen LogP contribution >= 0.6 is 0 Å². The van der Waals surface area contributed by atoms with E-state index in [1.165, 1.54) is 0 Å². The van der Waals surface area contributed by atoms with Crippen LogP contribution in [0, 0.1) is 0 Å². The number of aliphatic imine (C=N–C) groups is 1. The standard InChI is InChI=1S/C17H30N4O4S/c1-18-17(19-9-6-11-25-13-12-24-2)20-10-14-26(22,23)21-15-16-7-4-3-5-8-16/h3-5,7-8,21H,6,9-15H2,1-2H3,(H2,18,19,20). The number of sulfonamides is 1. The zero-order chi connectivity index (χ0) is 19.1. The van der Waals surface area contributed by atoms with Gasteiger partial charge in [0, 0.05) is 40.4 Å². The van der Waals surface area contributed by atoms with Gasteiger partial charge in [0.15, 0.2) is 5.96 Å². The van der Waals surface area contributed by atoms with Crippen LogP contribution in [0.15, 0.2) is 35.3 Å². The highest BCUT2D eigenvalue weighted by atomic mass is 32.2. The molecule has 0 saturated carbocycles. The molecule has 0 unspecified atom stereocenters. The van der Waals surface area contributed by atoms with Crippen molar-refractivity contribution in [2.45, 2.75) is 13.0 Å². The maximum atomic E-state index is 12.0. The average Bonchev–Trinajstić information content (AvgIpc) is 2.65. The summed E-state index contributed by atoms with van der Waals surface area (Å²) in [5.41, 5.74) is 0.925. The third kappa shape index (κ3) is 11.0. The first-order valence-corrected chi connectivity index (χ1v) is 10.2. The van der Waals surface area contributed by atoms with E-state index in [-0.39, 0.29) is 12.3 Å². The number of rotatable bonds is 13. The fourth-order valence-corrected chi connectivity index (χ4v) is 2.91. The van der Waals surface area contributed by atoms with Gasteiger partial charge in [-0.25, -0.2) is 13.1 Å². The van der Waals surface area contributed by atoms with Gasteiger partial charge >= 0.3 is 0 Å². The first-order chi connectivity index (χ1) is 12.6. The van der Waals surface area contributed by atoms with Gasteiger partial charge in [-0.3, -0.25) is 4.99 Å². The van der Waals surface area contributed by atoms with E-state index in [4.69, 9.17) is 9.47 Å². The van der Waals surface area contributed by atoms with Gasteiger partial charge in [0.1, 0.15) is 0 Å². The lowest BCUT2D eigenvalue weighted by Gasteiger charge is -2.12. The molecule has 0 aliphatic carbocycles. The number of nitrogens with one attached hydrogen (secondary N) is 3. The molecule has 8 nitrogen and oxygen atoms in total. The Hall–Kier alpha value is -1.68. The van der Waals surface area contributed by atoms with Crippen LogP contribution in [-0.4, -0.2) is 67.2 Å². The van der Waals surface area contributed by atoms with Crippen LogP contribution < -0.4 is 15.4 Å². The molecule has 148 valence electrons. The monoisotopic (exact) mass is 386 g/mol. The van der Waals surface area contributed by atoms with Crippen LogP contribution in [0.25, 0.3) is 0 Å². The van der Waals surface area contributed by atoms with Crippen LogP contribution in [0.2, 0.25) is 0 Å². The van der Waals surface area contributed by atoms with Crippen molar-refractivity contribution < 1.29 is 17.9 Å². The lowest BCUT2D eigenvalue weighted by Crippen LogP contribution is -2.41. The van der Waals surface area contributed by atoms with E-state index in [2.05, 4.69) is 20.3 Å². The van der Waals surface area contributed by atoms with Crippen molar-refractivity contribution in [3.05, 3.63) is 35.9 Å². The van der Waals surface area contributed by atoms with Crippen LogP contribution in [0.4, 0.5) is 0 Å². The van der Waals surface area contributed by atoms with Gasteiger partial charge in [0.25, 0.3) is 0 Å². The second-order valence-corrected chi connectivity index (χ2v) is 7.44. The van der Waals surface area contributed by atoms with E-state index < -0.39 is 10.0 Å². The zero-order valence-corrected chi connectivity index (χ0v) is 16.3. The topological polar surface area (TPSA) is 101 Å². The van der Waals surface area contributed by atoms with Crippen molar-refractivity contribution in [1.82, 2.24) is 15.4 Å². The summed E-state index contributed by atoms with van der Waals surface area (Å²) in [5, 5.41) is 6.11. The van der Waals surface area contributed by atoms with Gasteiger partial charge in [-0.15, -0.1) is 0 Å². The highest BCUT2D eigenvalue weighted by Gasteiger charge is 2.10. The number of methoxy groups -OCH3 is 1. The van der Waals surface area contributed by atoms with E-state index in [1.807, 2.05) is 30.3 Å². The number of guanidine groups is 1. The Bertz CT molecular complexity index is 608. The van der Waals surface area contributed by atoms with E-state index in [1.54, 1.807) is 14.2 Å². The summed E-state index contributed by atoms with van der Waals surface area (Å²) in [6.07, 6.45) is 0.821. The molecule has 26 heavy (non-hydrogen) atoms. The second kappa shape index (κ2) is 13.5. The Kier molecular flexibility index (Phi) is 11.6. The minimum atomic E-state index is -3.35. The third-order valence-corrected chi connectivity index (χ3v) is 4.74. The summed E-state index contributed by atoms with van der Waals surface area (Å²) in [6.45, 7) is 3.05. The molecular weight excluding hydrogens is 356 g/mol. The number of hydrogen-bond acceptors (Lipinski definition) is 5. The molecule has 3 N–H and O–H groups in total. The molecule has 0 aromatic heterocycles. The molecule has 0 aliphatic heterocycles. The zero-order valence-electron chi connectivity index (χ0n) is 15.5. The molecule has 0 atom stereocenters. The Labute approximate surface area is 156 Å². The second-order valence-electron chi connectivity index (χ2n) is 5.51. The van der Waals surface area contributed by atoms with Gasteiger partial charge in [0.2, 0.25) is 10.0 Å². The summed E-state index contributed by atoms with van der Waals surface area (Å²) in [6, 6.07) is 9.41. The first-order valence-electron chi connectivity index (χ1n) is 8.60.